The quantitative estimate of drug-likeness (QED) is 0.773. The summed E-state index contributed by atoms with van der Waals surface area (Å²) < 4.78 is 1.60. The number of aromatic nitrogens is 4. The van der Waals surface area contributed by atoms with Crippen molar-refractivity contribution in [1.82, 2.24) is 30.0 Å². The van der Waals surface area contributed by atoms with E-state index in [-0.39, 0.29) is 18.4 Å². The first kappa shape index (κ1) is 18.8. The number of hydrogen-bond acceptors (Lipinski definition) is 5. The van der Waals surface area contributed by atoms with Gasteiger partial charge in [0.25, 0.3) is 0 Å². The molecular formula is C18H25ClN6O. The van der Waals surface area contributed by atoms with Crippen LogP contribution in [0.5, 0.6) is 0 Å². The van der Waals surface area contributed by atoms with Gasteiger partial charge in [0, 0.05) is 30.1 Å². The molecule has 0 spiro atoms. The Morgan fingerprint density at radius 1 is 1.38 bits per heavy atom. The maximum Gasteiger partial charge on any atom is 0.244 e. The largest absolute Gasteiger partial charge is 0.340 e. The predicted octanol–water partition coefficient (Wildman–Crippen LogP) is 2.18. The standard InChI is InChI=1S/C18H25ClN6O/c1-13(2)23(3)11-17-20-21-22-25(17)12-18(26)24-9-8-14(10-24)15-6-4-5-7-16(15)19/h4-7,13-14H,8-12H2,1-3H3/t14-/m1/s1. The maximum absolute atomic E-state index is 12.7. The zero-order valence-corrected chi connectivity index (χ0v) is 16.2. The first-order chi connectivity index (χ1) is 12.5. The van der Waals surface area contributed by atoms with Crippen LogP contribution in [0.15, 0.2) is 24.3 Å². The van der Waals surface area contributed by atoms with Crippen LogP contribution in [0.3, 0.4) is 0 Å². The minimum absolute atomic E-state index is 0.0419. The third-order valence-electron chi connectivity index (χ3n) is 5.05. The highest BCUT2D eigenvalue weighted by molar-refractivity contribution is 6.31. The second kappa shape index (κ2) is 8.14. The Morgan fingerprint density at radius 2 is 2.15 bits per heavy atom. The molecule has 140 valence electrons. The summed E-state index contributed by atoms with van der Waals surface area (Å²) in [4.78, 5) is 16.7. The molecule has 2 heterocycles. The summed E-state index contributed by atoms with van der Waals surface area (Å²) in [6.45, 7) is 6.42. The summed E-state index contributed by atoms with van der Waals surface area (Å²) in [6, 6.07) is 8.24. The molecular weight excluding hydrogens is 352 g/mol. The van der Waals surface area contributed by atoms with Crippen molar-refractivity contribution in [3.63, 3.8) is 0 Å². The molecule has 1 aromatic heterocycles. The number of amides is 1. The number of hydrogen-bond donors (Lipinski definition) is 0. The molecule has 3 rings (SSSR count). The number of benzene rings is 1. The Bertz CT molecular complexity index is 762. The lowest BCUT2D eigenvalue weighted by Gasteiger charge is -2.21. The van der Waals surface area contributed by atoms with E-state index in [9.17, 15) is 4.79 Å². The lowest BCUT2D eigenvalue weighted by Crippen LogP contribution is -2.33. The van der Waals surface area contributed by atoms with Gasteiger partial charge in [-0.05, 0) is 49.4 Å². The van der Waals surface area contributed by atoms with Crippen LogP contribution in [-0.4, -0.2) is 62.1 Å². The second-order valence-corrected chi connectivity index (χ2v) is 7.52. The van der Waals surface area contributed by atoms with Crippen LogP contribution in [0.25, 0.3) is 0 Å². The summed E-state index contributed by atoms with van der Waals surface area (Å²) in [6.07, 6.45) is 0.925. The Labute approximate surface area is 158 Å². The number of nitrogens with zero attached hydrogens (tertiary/aromatic N) is 6. The van der Waals surface area contributed by atoms with Crippen molar-refractivity contribution in [3.05, 3.63) is 40.7 Å². The Hall–Kier alpha value is -1.99. The molecule has 26 heavy (non-hydrogen) atoms. The molecule has 0 bridgehead atoms. The number of carbonyl (C=O) groups is 1. The van der Waals surface area contributed by atoms with Gasteiger partial charge in [0.05, 0.1) is 6.54 Å². The van der Waals surface area contributed by atoms with E-state index in [1.54, 1.807) is 4.68 Å². The van der Waals surface area contributed by atoms with Crippen LogP contribution >= 0.6 is 11.6 Å². The lowest BCUT2D eigenvalue weighted by molar-refractivity contribution is -0.131. The molecule has 0 unspecified atom stereocenters. The van der Waals surface area contributed by atoms with E-state index in [0.29, 0.717) is 25.0 Å². The zero-order valence-electron chi connectivity index (χ0n) is 15.5. The fourth-order valence-electron chi connectivity index (χ4n) is 3.14. The van der Waals surface area contributed by atoms with Gasteiger partial charge >= 0.3 is 0 Å². The van der Waals surface area contributed by atoms with Gasteiger partial charge in [-0.25, -0.2) is 4.68 Å². The number of halogens is 1. The van der Waals surface area contributed by atoms with E-state index < -0.39 is 0 Å². The molecule has 1 aliphatic rings. The zero-order chi connectivity index (χ0) is 18.7. The van der Waals surface area contributed by atoms with Gasteiger partial charge in [0.2, 0.25) is 5.91 Å². The molecule has 8 heteroatoms. The van der Waals surface area contributed by atoms with Crippen molar-refractivity contribution in [2.45, 2.75) is 45.3 Å². The number of rotatable bonds is 6. The van der Waals surface area contributed by atoms with Crippen molar-refractivity contribution < 1.29 is 4.79 Å². The topological polar surface area (TPSA) is 67.2 Å². The van der Waals surface area contributed by atoms with Crippen LogP contribution in [-0.2, 0) is 17.9 Å². The van der Waals surface area contributed by atoms with E-state index in [2.05, 4.69) is 34.3 Å². The molecule has 1 saturated heterocycles. The monoisotopic (exact) mass is 376 g/mol. The fourth-order valence-corrected chi connectivity index (χ4v) is 3.43. The summed E-state index contributed by atoms with van der Waals surface area (Å²) in [5.74, 6) is 1.03. The normalized spacial score (nSPS) is 17.5. The molecule has 0 saturated carbocycles. The third-order valence-corrected chi connectivity index (χ3v) is 5.39. The van der Waals surface area contributed by atoms with Gasteiger partial charge in [-0.3, -0.25) is 9.69 Å². The molecule has 1 aromatic carbocycles. The highest BCUT2D eigenvalue weighted by Crippen LogP contribution is 2.31. The average molecular weight is 377 g/mol. The van der Waals surface area contributed by atoms with E-state index in [0.717, 1.165) is 23.6 Å². The summed E-state index contributed by atoms with van der Waals surface area (Å²) in [7, 11) is 2.01. The SMILES string of the molecule is CC(C)N(C)Cc1nnnn1CC(=O)N1CC[C@@H](c2ccccc2Cl)C1. The van der Waals surface area contributed by atoms with Crippen LogP contribution < -0.4 is 0 Å². The molecule has 0 aliphatic carbocycles. The van der Waals surface area contributed by atoms with Crippen molar-refractivity contribution >= 4 is 17.5 Å². The van der Waals surface area contributed by atoms with Gasteiger partial charge in [-0.1, -0.05) is 29.8 Å². The molecule has 1 amide bonds. The Morgan fingerprint density at radius 3 is 2.88 bits per heavy atom. The van der Waals surface area contributed by atoms with Gasteiger partial charge in [-0.2, -0.15) is 0 Å². The predicted molar refractivity (Wildman–Crippen MR) is 99.8 cm³/mol. The Kier molecular flexibility index (Phi) is 5.88. The number of carbonyl (C=O) groups excluding carboxylic acids is 1. The summed E-state index contributed by atoms with van der Waals surface area (Å²) in [5.41, 5.74) is 1.12. The van der Waals surface area contributed by atoms with Gasteiger partial charge < -0.3 is 4.90 Å². The minimum Gasteiger partial charge on any atom is -0.340 e. The lowest BCUT2D eigenvalue weighted by atomic mass is 9.98. The van der Waals surface area contributed by atoms with Crippen molar-refractivity contribution in [2.75, 3.05) is 20.1 Å². The van der Waals surface area contributed by atoms with Gasteiger partial charge in [0.15, 0.2) is 5.82 Å². The van der Waals surface area contributed by atoms with E-state index in [1.165, 1.54) is 0 Å². The van der Waals surface area contributed by atoms with Crippen molar-refractivity contribution in [1.29, 1.82) is 0 Å². The van der Waals surface area contributed by atoms with Crippen LogP contribution in [0.4, 0.5) is 0 Å². The van der Waals surface area contributed by atoms with Crippen LogP contribution in [0.1, 0.15) is 37.6 Å². The number of likely N-dealkylation sites (tertiary alicyclic amines) is 1. The summed E-state index contributed by atoms with van der Waals surface area (Å²) in [5, 5.41) is 12.6. The average Bonchev–Trinajstić information content (AvgIpc) is 3.25. The highest BCUT2D eigenvalue weighted by Gasteiger charge is 2.29. The van der Waals surface area contributed by atoms with Gasteiger partial charge in [-0.15, -0.1) is 5.10 Å². The van der Waals surface area contributed by atoms with E-state index in [1.807, 2.05) is 36.2 Å². The van der Waals surface area contributed by atoms with Crippen LogP contribution in [0.2, 0.25) is 5.02 Å². The molecule has 1 atom stereocenters. The summed E-state index contributed by atoms with van der Waals surface area (Å²) >= 11 is 6.30. The molecule has 0 radical (unpaired) electrons. The Balaban J connectivity index is 1.62. The fraction of sp³-hybridized carbons (Fsp3) is 0.556. The first-order valence-electron chi connectivity index (χ1n) is 8.93. The second-order valence-electron chi connectivity index (χ2n) is 7.11. The smallest absolute Gasteiger partial charge is 0.244 e. The molecule has 1 aliphatic heterocycles. The third kappa shape index (κ3) is 4.22. The molecule has 7 nitrogen and oxygen atoms in total. The van der Waals surface area contributed by atoms with E-state index in [4.69, 9.17) is 11.6 Å². The minimum atomic E-state index is 0.0419. The first-order valence-corrected chi connectivity index (χ1v) is 9.31. The van der Waals surface area contributed by atoms with Crippen molar-refractivity contribution in [2.24, 2.45) is 0 Å². The molecule has 1 fully saturated rings. The molecule has 2 aromatic rings. The highest BCUT2D eigenvalue weighted by atomic mass is 35.5. The van der Waals surface area contributed by atoms with Gasteiger partial charge in [0.1, 0.15) is 6.54 Å². The van der Waals surface area contributed by atoms with E-state index >= 15 is 0 Å². The maximum atomic E-state index is 12.7. The van der Waals surface area contributed by atoms with Crippen LogP contribution in [0, 0.1) is 0 Å². The van der Waals surface area contributed by atoms with Crippen molar-refractivity contribution in [3.8, 4) is 0 Å². The molecule has 0 N–H and O–H groups in total. The number of tetrazole rings is 1.